The molecule has 46 heavy (non-hydrogen) atoms. The third kappa shape index (κ3) is 6.34. The standard InChI is InChI=1S/C32H30F8N4S2/c1-3-5-7-9-11-13-15-41-43-31(45-15)21-17-18(27(37)30(40)28(21)38)24(34)19-20(23(17)33)26(36)29(39)22(25(19)35)32-44-42-16(46-32)14-12-10-8-6-4-2/h3-14H2,1-2H3. The van der Waals surface area contributed by atoms with E-state index < -0.39 is 89.2 Å². The minimum atomic E-state index is -2.17. The van der Waals surface area contributed by atoms with E-state index in [9.17, 15) is 4.39 Å². The topological polar surface area (TPSA) is 51.6 Å². The van der Waals surface area contributed by atoms with Crippen LogP contribution in [0, 0.1) is 46.5 Å². The van der Waals surface area contributed by atoms with Crippen LogP contribution in [0.25, 0.3) is 42.7 Å². The van der Waals surface area contributed by atoms with Crippen molar-refractivity contribution in [1.82, 2.24) is 20.4 Å². The first-order valence-electron chi connectivity index (χ1n) is 15.2. The lowest BCUT2D eigenvalue weighted by Crippen LogP contribution is -2.06. The maximum Gasteiger partial charge on any atom is 0.195 e. The van der Waals surface area contributed by atoms with Gasteiger partial charge in [0.1, 0.15) is 27.5 Å². The van der Waals surface area contributed by atoms with Crippen LogP contribution >= 0.6 is 22.7 Å². The molecule has 0 saturated carbocycles. The van der Waals surface area contributed by atoms with Crippen LogP contribution in [0.2, 0.25) is 0 Å². The van der Waals surface area contributed by atoms with Crippen LogP contribution in [0.5, 0.6) is 0 Å². The van der Waals surface area contributed by atoms with E-state index in [-0.39, 0.29) is 0 Å². The lowest BCUT2D eigenvalue weighted by Gasteiger charge is -2.15. The molecule has 0 aliphatic rings. The Morgan fingerprint density at radius 3 is 1.35 bits per heavy atom. The molecule has 0 aliphatic carbocycles. The monoisotopic (exact) mass is 686 g/mol. The number of nitrogens with zero attached hydrogens (tertiary/aromatic N) is 4. The highest BCUT2D eigenvalue weighted by Crippen LogP contribution is 2.45. The van der Waals surface area contributed by atoms with Gasteiger partial charge in [0.15, 0.2) is 39.1 Å². The van der Waals surface area contributed by atoms with Gasteiger partial charge in [-0.15, -0.1) is 20.4 Å². The minimum Gasteiger partial charge on any atom is -0.205 e. The summed E-state index contributed by atoms with van der Waals surface area (Å²) in [4.78, 5) is 0. The lowest BCUT2D eigenvalue weighted by atomic mass is 9.94. The molecule has 0 fully saturated rings. The smallest absolute Gasteiger partial charge is 0.195 e. The Morgan fingerprint density at radius 1 is 0.391 bits per heavy atom. The molecule has 0 saturated heterocycles. The number of aryl methyl sites for hydroxylation is 2. The van der Waals surface area contributed by atoms with Crippen LogP contribution in [0.1, 0.15) is 88.1 Å². The molecule has 0 unspecified atom stereocenters. The fraction of sp³-hybridized carbons (Fsp3) is 0.438. The molecule has 5 aromatic rings. The normalized spacial score (nSPS) is 11.9. The van der Waals surface area contributed by atoms with Gasteiger partial charge in [-0.25, -0.2) is 35.1 Å². The van der Waals surface area contributed by atoms with Gasteiger partial charge in [-0.1, -0.05) is 87.9 Å². The van der Waals surface area contributed by atoms with Crippen molar-refractivity contribution in [2.75, 3.05) is 0 Å². The Hall–Kier alpha value is -3.26. The molecule has 0 radical (unpaired) electrons. The molecule has 5 rings (SSSR count). The van der Waals surface area contributed by atoms with Crippen molar-refractivity contribution in [3.05, 3.63) is 56.6 Å². The first kappa shape index (κ1) is 34.1. The molecule has 0 amide bonds. The third-order valence-electron chi connectivity index (χ3n) is 7.87. The van der Waals surface area contributed by atoms with Crippen LogP contribution in [-0.4, -0.2) is 20.4 Å². The molecule has 0 spiro atoms. The van der Waals surface area contributed by atoms with Crippen molar-refractivity contribution < 1.29 is 35.1 Å². The van der Waals surface area contributed by atoms with Crippen molar-refractivity contribution >= 4 is 44.2 Å². The Bertz CT molecular complexity index is 1880. The van der Waals surface area contributed by atoms with E-state index in [4.69, 9.17) is 0 Å². The Morgan fingerprint density at radius 2 is 0.804 bits per heavy atom. The van der Waals surface area contributed by atoms with Gasteiger partial charge >= 0.3 is 0 Å². The Kier molecular flexibility index (Phi) is 10.9. The van der Waals surface area contributed by atoms with Crippen molar-refractivity contribution in [2.24, 2.45) is 0 Å². The summed E-state index contributed by atoms with van der Waals surface area (Å²) in [6.07, 6.45) is 10.1. The third-order valence-corrected chi connectivity index (χ3v) is 9.87. The summed E-state index contributed by atoms with van der Waals surface area (Å²) in [6.45, 7) is 4.12. The molecule has 4 nitrogen and oxygen atoms in total. The number of hydrogen-bond donors (Lipinski definition) is 0. The molecule has 0 aliphatic heterocycles. The summed E-state index contributed by atoms with van der Waals surface area (Å²) in [5.41, 5.74) is -2.16. The quantitative estimate of drug-likeness (QED) is 0.0384. The van der Waals surface area contributed by atoms with Gasteiger partial charge < -0.3 is 0 Å². The van der Waals surface area contributed by atoms with Crippen LogP contribution in [0.4, 0.5) is 35.1 Å². The summed E-state index contributed by atoms with van der Waals surface area (Å²) in [7, 11) is 0. The van der Waals surface area contributed by atoms with Crippen molar-refractivity contribution in [1.29, 1.82) is 0 Å². The van der Waals surface area contributed by atoms with Gasteiger partial charge in [0.25, 0.3) is 0 Å². The highest BCUT2D eigenvalue weighted by Gasteiger charge is 2.35. The van der Waals surface area contributed by atoms with E-state index in [0.717, 1.165) is 80.5 Å². The molecular formula is C32H30F8N4S2. The number of fused-ring (bicyclic) bond motifs is 2. The fourth-order valence-electron chi connectivity index (χ4n) is 5.47. The zero-order valence-electron chi connectivity index (χ0n) is 25.1. The molecule has 3 aromatic carbocycles. The maximum atomic E-state index is 16.1. The number of benzene rings is 3. The van der Waals surface area contributed by atoms with Gasteiger partial charge in [-0.05, 0) is 12.8 Å². The first-order chi connectivity index (χ1) is 22.1. The average Bonchev–Trinajstić information content (AvgIpc) is 3.70. The molecule has 2 heterocycles. The van der Waals surface area contributed by atoms with E-state index >= 15 is 30.7 Å². The SMILES string of the molecule is CCCCCCCc1nnc(-c2c(F)c(F)c3c(F)c4c(-c5nnc(CCCCCCC)s5)c(F)c(F)c(F)c4c(F)c3c2F)s1. The minimum absolute atomic E-state index is 0.371. The van der Waals surface area contributed by atoms with E-state index in [0.29, 0.717) is 29.3 Å². The second-order valence-corrected chi connectivity index (χ2v) is 13.2. The van der Waals surface area contributed by atoms with E-state index in [1.165, 1.54) is 0 Å². The largest absolute Gasteiger partial charge is 0.205 e. The maximum absolute atomic E-state index is 16.1. The second kappa shape index (κ2) is 14.7. The number of hydrogen-bond acceptors (Lipinski definition) is 6. The molecule has 0 N–H and O–H groups in total. The number of rotatable bonds is 14. The number of aromatic nitrogens is 4. The van der Waals surface area contributed by atoms with E-state index in [2.05, 4.69) is 34.2 Å². The summed E-state index contributed by atoms with van der Waals surface area (Å²) < 4.78 is 124. The summed E-state index contributed by atoms with van der Waals surface area (Å²) in [5.74, 6) is -15.8. The summed E-state index contributed by atoms with van der Waals surface area (Å²) >= 11 is 1.48. The molecule has 0 atom stereocenters. The predicted molar refractivity (Wildman–Crippen MR) is 164 cm³/mol. The number of halogens is 8. The average molecular weight is 687 g/mol. The van der Waals surface area contributed by atoms with Crippen LogP contribution < -0.4 is 0 Å². The highest BCUT2D eigenvalue weighted by atomic mass is 32.1. The van der Waals surface area contributed by atoms with Crippen LogP contribution in [0.15, 0.2) is 0 Å². The highest BCUT2D eigenvalue weighted by molar-refractivity contribution is 7.15. The van der Waals surface area contributed by atoms with Crippen LogP contribution in [-0.2, 0) is 12.8 Å². The molecule has 246 valence electrons. The van der Waals surface area contributed by atoms with Crippen LogP contribution in [0.3, 0.4) is 0 Å². The van der Waals surface area contributed by atoms with Gasteiger partial charge in [0.2, 0.25) is 0 Å². The molecule has 2 aromatic heterocycles. The molecule has 14 heteroatoms. The first-order valence-corrected chi connectivity index (χ1v) is 16.9. The Balaban J connectivity index is 1.64. The van der Waals surface area contributed by atoms with E-state index in [1.807, 2.05) is 0 Å². The Labute approximate surface area is 267 Å². The fourth-order valence-corrected chi connectivity index (χ4v) is 7.31. The van der Waals surface area contributed by atoms with Crippen molar-refractivity contribution in [2.45, 2.75) is 90.9 Å². The van der Waals surface area contributed by atoms with Gasteiger partial charge in [0.05, 0.1) is 27.3 Å². The van der Waals surface area contributed by atoms with Gasteiger partial charge in [-0.2, -0.15) is 0 Å². The van der Waals surface area contributed by atoms with E-state index in [1.54, 1.807) is 0 Å². The second-order valence-electron chi connectivity index (χ2n) is 11.1. The number of unbranched alkanes of at least 4 members (excludes halogenated alkanes) is 8. The van der Waals surface area contributed by atoms with Gasteiger partial charge in [0, 0.05) is 18.2 Å². The zero-order chi connectivity index (χ0) is 33.1. The molecular weight excluding hydrogens is 656 g/mol. The predicted octanol–water partition coefficient (Wildman–Crippen LogP) is 11.2. The van der Waals surface area contributed by atoms with Crippen molar-refractivity contribution in [3.63, 3.8) is 0 Å². The summed E-state index contributed by atoms with van der Waals surface area (Å²) in [5, 5.41) is 9.46. The van der Waals surface area contributed by atoms with Crippen molar-refractivity contribution in [3.8, 4) is 21.1 Å². The summed E-state index contributed by atoms with van der Waals surface area (Å²) in [6, 6.07) is 0. The molecule has 0 bridgehead atoms. The lowest BCUT2D eigenvalue weighted by molar-refractivity contribution is 0.452. The zero-order valence-corrected chi connectivity index (χ0v) is 26.7. The van der Waals surface area contributed by atoms with Gasteiger partial charge in [-0.3, -0.25) is 0 Å².